The quantitative estimate of drug-likeness (QED) is 0.779. The van der Waals surface area contributed by atoms with Gasteiger partial charge in [-0.05, 0) is 31.0 Å². The van der Waals surface area contributed by atoms with Gasteiger partial charge in [0.2, 0.25) is 0 Å². The largest absolute Gasteiger partial charge is 0.349 e. The molecule has 1 saturated carbocycles. The Morgan fingerprint density at radius 2 is 2.00 bits per heavy atom. The van der Waals surface area contributed by atoms with Gasteiger partial charge >= 0.3 is 0 Å². The summed E-state index contributed by atoms with van der Waals surface area (Å²) in [5.41, 5.74) is 1.88. The molecule has 0 radical (unpaired) electrons. The summed E-state index contributed by atoms with van der Waals surface area (Å²) in [5.74, 6) is -0.505. The van der Waals surface area contributed by atoms with E-state index in [4.69, 9.17) is 0 Å². The molecule has 0 bridgehead atoms. The molecule has 2 heterocycles. The van der Waals surface area contributed by atoms with Gasteiger partial charge in [-0.25, -0.2) is 9.37 Å². The first-order valence-electron chi connectivity index (χ1n) is 9.02. The van der Waals surface area contributed by atoms with Gasteiger partial charge in [0.05, 0.1) is 22.8 Å². The third kappa shape index (κ3) is 3.07. The average molecular weight is 352 g/mol. The van der Waals surface area contributed by atoms with E-state index in [-0.39, 0.29) is 17.8 Å². The molecule has 1 fully saturated rings. The van der Waals surface area contributed by atoms with Crippen LogP contribution in [0.2, 0.25) is 0 Å². The standard InChI is InChI=1S/C20H21FN4O/c1-25-19-16(12-22-25)15(20(26)23-13-7-3-2-4-8-13)11-18(24-19)14-9-5-6-10-17(14)21/h5-6,9-13H,2-4,7-8H2,1H3,(H,23,26). The van der Waals surface area contributed by atoms with Gasteiger partial charge in [-0.1, -0.05) is 31.4 Å². The van der Waals surface area contributed by atoms with Gasteiger partial charge in [0.25, 0.3) is 5.91 Å². The van der Waals surface area contributed by atoms with Crippen molar-refractivity contribution in [3.63, 3.8) is 0 Å². The summed E-state index contributed by atoms with van der Waals surface area (Å²) in [5, 5.41) is 8.04. The second kappa shape index (κ2) is 6.86. The molecule has 1 N–H and O–H groups in total. The minimum Gasteiger partial charge on any atom is -0.349 e. The lowest BCUT2D eigenvalue weighted by Crippen LogP contribution is -2.36. The van der Waals surface area contributed by atoms with Crippen LogP contribution in [-0.2, 0) is 7.05 Å². The Hall–Kier alpha value is -2.76. The number of pyridine rings is 1. The minimum atomic E-state index is -0.361. The van der Waals surface area contributed by atoms with Gasteiger partial charge in [0.15, 0.2) is 5.65 Å². The molecule has 1 aromatic carbocycles. The highest BCUT2D eigenvalue weighted by atomic mass is 19.1. The summed E-state index contributed by atoms with van der Waals surface area (Å²) in [6, 6.07) is 8.33. The van der Waals surface area contributed by atoms with E-state index in [0.29, 0.717) is 27.9 Å². The van der Waals surface area contributed by atoms with Crippen LogP contribution < -0.4 is 5.32 Å². The molecule has 0 atom stereocenters. The van der Waals surface area contributed by atoms with E-state index in [1.54, 1.807) is 42.2 Å². The van der Waals surface area contributed by atoms with E-state index < -0.39 is 0 Å². The lowest BCUT2D eigenvalue weighted by molar-refractivity contribution is 0.0929. The monoisotopic (exact) mass is 352 g/mol. The molecule has 0 saturated heterocycles. The van der Waals surface area contributed by atoms with Crippen LogP contribution in [0, 0.1) is 5.82 Å². The smallest absolute Gasteiger partial charge is 0.252 e. The Kier molecular flexibility index (Phi) is 4.41. The number of benzene rings is 1. The first kappa shape index (κ1) is 16.7. The maximum absolute atomic E-state index is 14.2. The zero-order valence-corrected chi connectivity index (χ0v) is 14.7. The molecule has 1 amide bonds. The Balaban J connectivity index is 1.77. The molecule has 26 heavy (non-hydrogen) atoms. The highest BCUT2D eigenvalue weighted by Crippen LogP contribution is 2.27. The molecule has 6 heteroatoms. The van der Waals surface area contributed by atoms with Crippen LogP contribution >= 0.6 is 0 Å². The fourth-order valence-electron chi connectivity index (χ4n) is 3.62. The SMILES string of the molecule is Cn1ncc2c(C(=O)NC3CCCCC3)cc(-c3ccccc3F)nc21. The van der Waals surface area contributed by atoms with Crippen LogP contribution in [0.3, 0.4) is 0 Å². The number of aromatic nitrogens is 3. The number of hydrogen-bond donors (Lipinski definition) is 1. The van der Waals surface area contributed by atoms with E-state index in [9.17, 15) is 9.18 Å². The van der Waals surface area contributed by atoms with Crippen molar-refractivity contribution < 1.29 is 9.18 Å². The van der Waals surface area contributed by atoms with Gasteiger partial charge in [0.1, 0.15) is 5.82 Å². The zero-order valence-electron chi connectivity index (χ0n) is 14.7. The Morgan fingerprint density at radius 3 is 2.77 bits per heavy atom. The molecule has 134 valence electrons. The molecule has 1 aliphatic carbocycles. The topological polar surface area (TPSA) is 59.8 Å². The summed E-state index contributed by atoms with van der Waals surface area (Å²) in [7, 11) is 1.77. The van der Waals surface area contributed by atoms with E-state index in [0.717, 1.165) is 25.7 Å². The first-order chi connectivity index (χ1) is 12.6. The van der Waals surface area contributed by atoms with Crippen LogP contribution in [0.15, 0.2) is 36.5 Å². The fourth-order valence-corrected chi connectivity index (χ4v) is 3.62. The van der Waals surface area contributed by atoms with E-state index in [2.05, 4.69) is 15.4 Å². The molecule has 5 nitrogen and oxygen atoms in total. The predicted molar refractivity (Wildman–Crippen MR) is 98.2 cm³/mol. The van der Waals surface area contributed by atoms with Gasteiger partial charge in [-0.3, -0.25) is 9.48 Å². The number of amides is 1. The molecule has 0 unspecified atom stereocenters. The molecule has 3 aromatic rings. The Labute approximate surface area is 151 Å². The van der Waals surface area contributed by atoms with Crippen molar-refractivity contribution in [3.05, 3.63) is 47.9 Å². The second-order valence-corrected chi connectivity index (χ2v) is 6.85. The maximum Gasteiger partial charge on any atom is 0.252 e. The maximum atomic E-state index is 14.2. The molecular weight excluding hydrogens is 331 g/mol. The van der Waals surface area contributed by atoms with Crippen LogP contribution in [0.25, 0.3) is 22.3 Å². The van der Waals surface area contributed by atoms with Crippen molar-refractivity contribution in [2.75, 3.05) is 0 Å². The molecule has 2 aromatic heterocycles. The molecule has 0 aliphatic heterocycles. The number of nitrogens with one attached hydrogen (secondary N) is 1. The summed E-state index contributed by atoms with van der Waals surface area (Å²) in [4.78, 5) is 17.5. The van der Waals surface area contributed by atoms with Crippen LogP contribution in [-0.4, -0.2) is 26.7 Å². The van der Waals surface area contributed by atoms with Crippen molar-refractivity contribution >= 4 is 16.9 Å². The van der Waals surface area contributed by atoms with Crippen molar-refractivity contribution in [1.29, 1.82) is 0 Å². The second-order valence-electron chi connectivity index (χ2n) is 6.85. The van der Waals surface area contributed by atoms with Crippen molar-refractivity contribution in [3.8, 4) is 11.3 Å². The Bertz CT molecular complexity index is 960. The number of carbonyl (C=O) groups excluding carboxylic acids is 1. The van der Waals surface area contributed by atoms with Crippen molar-refractivity contribution in [2.24, 2.45) is 7.05 Å². The fraction of sp³-hybridized carbons (Fsp3) is 0.350. The van der Waals surface area contributed by atoms with Crippen LogP contribution in [0.5, 0.6) is 0 Å². The minimum absolute atomic E-state index is 0.144. The lowest BCUT2D eigenvalue weighted by atomic mass is 9.95. The van der Waals surface area contributed by atoms with Gasteiger partial charge < -0.3 is 5.32 Å². The summed E-state index contributed by atoms with van der Waals surface area (Å²) < 4.78 is 15.9. The third-order valence-electron chi connectivity index (χ3n) is 5.04. The van der Waals surface area contributed by atoms with Crippen LogP contribution in [0.4, 0.5) is 4.39 Å². The predicted octanol–water partition coefficient (Wildman–Crippen LogP) is 3.84. The van der Waals surface area contributed by atoms with E-state index >= 15 is 0 Å². The molecular formula is C20H21FN4O. The number of nitrogens with zero attached hydrogens (tertiary/aromatic N) is 3. The number of carbonyl (C=O) groups is 1. The first-order valence-corrected chi connectivity index (χ1v) is 9.02. The van der Waals surface area contributed by atoms with Crippen molar-refractivity contribution in [2.45, 2.75) is 38.1 Å². The number of aryl methyl sites for hydroxylation is 1. The average Bonchev–Trinajstić information content (AvgIpc) is 3.03. The van der Waals surface area contributed by atoms with Gasteiger partial charge in [-0.2, -0.15) is 5.10 Å². The number of fused-ring (bicyclic) bond motifs is 1. The lowest BCUT2D eigenvalue weighted by Gasteiger charge is -2.23. The molecule has 4 rings (SSSR count). The molecule has 1 aliphatic rings. The highest BCUT2D eigenvalue weighted by Gasteiger charge is 2.21. The summed E-state index contributed by atoms with van der Waals surface area (Å²) >= 11 is 0. The number of rotatable bonds is 3. The summed E-state index contributed by atoms with van der Waals surface area (Å²) in [6.07, 6.45) is 7.17. The Morgan fingerprint density at radius 1 is 1.23 bits per heavy atom. The van der Waals surface area contributed by atoms with Crippen LogP contribution in [0.1, 0.15) is 42.5 Å². The molecule has 0 spiro atoms. The normalized spacial score (nSPS) is 15.3. The summed E-state index contributed by atoms with van der Waals surface area (Å²) in [6.45, 7) is 0. The highest BCUT2D eigenvalue weighted by molar-refractivity contribution is 6.06. The zero-order chi connectivity index (χ0) is 18.1. The van der Waals surface area contributed by atoms with Crippen molar-refractivity contribution in [1.82, 2.24) is 20.1 Å². The van der Waals surface area contributed by atoms with Gasteiger partial charge in [-0.15, -0.1) is 0 Å². The number of hydrogen-bond acceptors (Lipinski definition) is 3. The van der Waals surface area contributed by atoms with E-state index in [1.165, 1.54) is 12.5 Å². The van der Waals surface area contributed by atoms with E-state index in [1.807, 2.05) is 0 Å². The van der Waals surface area contributed by atoms with Gasteiger partial charge in [0, 0.05) is 18.7 Å². The third-order valence-corrected chi connectivity index (χ3v) is 5.04. The number of halogens is 1.